The summed E-state index contributed by atoms with van der Waals surface area (Å²) in [5, 5.41) is 17.6. The number of nitrogens with two attached hydrogens (primary N) is 1. The van der Waals surface area contributed by atoms with E-state index in [1.165, 1.54) is 0 Å². The molecule has 0 aliphatic rings. The molecule has 0 radical (unpaired) electrons. The molecule has 22 heavy (non-hydrogen) atoms. The molecule has 0 saturated carbocycles. The fraction of sp³-hybridized carbons (Fsp3) is 0.133. The molecule has 0 bridgehead atoms. The van der Waals surface area contributed by atoms with E-state index in [9.17, 15) is 9.90 Å². The fourth-order valence-electron chi connectivity index (χ4n) is 2.32. The van der Waals surface area contributed by atoms with Crippen LogP contribution in [0.2, 0.25) is 5.02 Å². The average Bonchev–Trinajstić information content (AvgIpc) is 2.95. The highest BCUT2D eigenvalue weighted by Crippen LogP contribution is 2.34. The molecule has 0 aliphatic heterocycles. The van der Waals surface area contributed by atoms with Gasteiger partial charge < -0.3 is 10.8 Å². The van der Waals surface area contributed by atoms with Gasteiger partial charge in [0.05, 0.1) is 10.6 Å². The number of nitrogens with zero attached hydrogens (tertiary/aromatic N) is 2. The Labute approximate surface area is 130 Å². The lowest BCUT2D eigenvalue weighted by molar-refractivity contribution is 0.0997. The van der Waals surface area contributed by atoms with E-state index in [1.807, 2.05) is 12.1 Å². The standard InChI is InChI=1S/C15H12ClN3O3/c1-7-9(6-10(15(17)21)14(20)13(7)16)4-8-2-3-11-12(5-8)19-22-18-11/h2-3,5-6,20H,4H2,1H3,(H2,17,21). The van der Waals surface area contributed by atoms with Gasteiger partial charge in [0, 0.05) is 0 Å². The number of carbonyl (C=O) groups excluding carboxylic acids is 1. The Morgan fingerprint density at radius 1 is 1.32 bits per heavy atom. The summed E-state index contributed by atoms with van der Waals surface area (Å²) in [5.41, 5.74) is 9.04. The minimum absolute atomic E-state index is 0.00906. The Balaban J connectivity index is 2.05. The lowest BCUT2D eigenvalue weighted by Crippen LogP contribution is -2.12. The van der Waals surface area contributed by atoms with Crippen LogP contribution in [0.5, 0.6) is 5.75 Å². The average molecular weight is 318 g/mol. The van der Waals surface area contributed by atoms with E-state index in [1.54, 1.807) is 19.1 Å². The van der Waals surface area contributed by atoms with Gasteiger partial charge in [-0.05, 0) is 58.5 Å². The van der Waals surface area contributed by atoms with Gasteiger partial charge in [0.2, 0.25) is 0 Å². The fourth-order valence-corrected chi connectivity index (χ4v) is 2.54. The summed E-state index contributed by atoms with van der Waals surface area (Å²) < 4.78 is 4.66. The van der Waals surface area contributed by atoms with Gasteiger partial charge in [-0.2, -0.15) is 0 Å². The number of amides is 1. The van der Waals surface area contributed by atoms with E-state index < -0.39 is 5.91 Å². The van der Waals surface area contributed by atoms with E-state index in [-0.39, 0.29) is 16.3 Å². The number of carbonyl (C=O) groups is 1. The molecule has 0 saturated heterocycles. The number of rotatable bonds is 3. The first-order chi connectivity index (χ1) is 10.5. The number of halogens is 1. The molecule has 0 spiro atoms. The summed E-state index contributed by atoms with van der Waals surface area (Å²) in [6.45, 7) is 1.78. The minimum atomic E-state index is -0.725. The quantitative estimate of drug-likeness (QED) is 0.773. The van der Waals surface area contributed by atoms with Crippen LogP contribution in [0.4, 0.5) is 0 Å². The third-order valence-electron chi connectivity index (χ3n) is 3.57. The largest absolute Gasteiger partial charge is 0.506 e. The molecular weight excluding hydrogens is 306 g/mol. The molecule has 3 rings (SSSR count). The van der Waals surface area contributed by atoms with Crippen molar-refractivity contribution in [1.82, 2.24) is 10.3 Å². The van der Waals surface area contributed by atoms with Crippen molar-refractivity contribution in [3.05, 3.63) is 51.5 Å². The van der Waals surface area contributed by atoms with Crippen LogP contribution in [0.15, 0.2) is 28.9 Å². The lowest BCUT2D eigenvalue weighted by atomic mass is 9.97. The van der Waals surface area contributed by atoms with E-state index >= 15 is 0 Å². The van der Waals surface area contributed by atoms with E-state index in [2.05, 4.69) is 14.9 Å². The third-order valence-corrected chi connectivity index (χ3v) is 4.03. The predicted molar refractivity (Wildman–Crippen MR) is 81.0 cm³/mol. The molecule has 1 heterocycles. The summed E-state index contributed by atoms with van der Waals surface area (Å²) in [5.74, 6) is -1.01. The van der Waals surface area contributed by atoms with Gasteiger partial charge >= 0.3 is 0 Å². The summed E-state index contributed by atoms with van der Waals surface area (Å²) in [6, 6.07) is 7.09. The number of primary amides is 1. The molecule has 6 nitrogen and oxygen atoms in total. The van der Waals surface area contributed by atoms with Crippen molar-refractivity contribution in [2.24, 2.45) is 5.73 Å². The van der Waals surface area contributed by atoms with E-state index in [0.29, 0.717) is 23.0 Å². The van der Waals surface area contributed by atoms with Gasteiger partial charge in [-0.15, -0.1) is 0 Å². The van der Waals surface area contributed by atoms with Crippen LogP contribution in [0, 0.1) is 6.92 Å². The number of hydrogen-bond donors (Lipinski definition) is 2. The molecule has 3 aromatic rings. The molecule has 1 aromatic heterocycles. The predicted octanol–water partition coefficient (Wildman–Crippen LogP) is 2.58. The van der Waals surface area contributed by atoms with Gasteiger partial charge in [-0.25, -0.2) is 4.63 Å². The van der Waals surface area contributed by atoms with Crippen molar-refractivity contribution in [2.75, 3.05) is 0 Å². The molecule has 7 heteroatoms. The highest BCUT2D eigenvalue weighted by Gasteiger charge is 2.17. The van der Waals surface area contributed by atoms with Gasteiger partial charge in [0.1, 0.15) is 16.8 Å². The zero-order valence-electron chi connectivity index (χ0n) is 11.6. The van der Waals surface area contributed by atoms with Crippen LogP contribution in [0.1, 0.15) is 27.0 Å². The molecule has 1 amide bonds. The lowest BCUT2D eigenvalue weighted by Gasteiger charge is -2.12. The molecular formula is C15H12ClN3O3. The van der Waals surface area contributed by atoms with Crippen molar-refractivity contribution in [2.45, 2.75) is 13.3 Å². The Bertz CT molecular complexity index is 889. The molecule has 0 aliphatic carbocycles. The maximum absolute atomic E-state index is 11.4. The Morgan fingerprint density at radius 2 is 2.05 bits per heavy atom. The van der Waals surface area contributed by atoms with Crippen molar-refractivity contribution >= 4 is 28.5 Å². The first-order valence-electron chi connectivity index (χ1n) is 6.49. The van der Waals surface area contributed by atoms with Crippen LogP contribution >= 0.6 is 11.6 Å². The van der Waals surface area contributed by atoms with Crippen molar-refractivity contribution < 1.29 is 14.5 Å². The summed E-state index contributed by atoms with van der Waals surface area (Å²) >= 11 is 6.08. The number of phenols is 1. The highest BCUT2D eigenvalue weighted by atomic mass is 35.5. The molecule has 2 aromatic carbocycles. The topological polar surface area (TPSA) is 102 Å². The summed E-state index contributed by atoms with van der Waals surface area (Å²) in [6.07, 6.45) is 0.509. The first kappa shape index (κ1) is 14.3. The Morgan fingerprint density at radius 3 is 2.77 bits per heavy atom. The van der Waals surface area contributed by atoms with E-state index in [0.717, 1.165) is 11.1 Å². The van der Waals surface area contributed by atoms with Crippen LogP contribution in [0.25, 0.3) is 11.0 Å². The smallest absolute Gasteiger partial charge is 0.252 e. The summed E-state index contributed by atoms with van der Waals surface area (Å²) in [4.78, 5) is 11.4. The van der Waals surface area contributed by atoms with Gasteiger partial charge in [0.25, 0.3) is 5.91 Å². The van der Waals surface area contributed by atoms with Gasteiger partial charge in [0.15, 0.2) is 0 Å². The molecule has 3 N–H and O–H groups in total. The van der Waals surface area contributed by atoms with Crippen molar-refractivity contribution in [3.63, 3.8) is 0 Å². The SMILES string of the molecule is Cc1c(Cc2ccc3nonc3c2)cc(C(N)=O)c(O)c1Cl. The highest BCUT2D eigenvalue weighted by molar-refractivity contribution is 6.33. The maximum Gasteiger partial charge on any atom is 0.252 e. The van der Waals surface area contributed by atoms with E-state index in [4.69, 9.17) is 17.3 Å². The second kappa shape index (κ2) is 5.31. The zero-order valence-corrected chi connectivity index (χ0v) is 12.4. The number of aromatic hydroxyl groups is 1. The monoisotopic (exact) mass is 317 g/mol. The maximum atomic E-state index is 11.4. The summed E-state index contributed by atoms with van der Waals surface area (Å²) in [7, 11) is 0. The van der Waals surface area contributed by atoms with Gasteiger partial charge in [-0.3, -0.25) is 4.79 Å². The normalized spacial score (nSPS) is 11.0. The minimum Gasteiger partial charge on any atom is -0.506 e. The number of fused-ring (bicyclic) bond motifs is 1. The number of aromatic nitrogens is 2. The van der Waals surface area contributed by atoms with Crippen molar-refractivity contribution in [3.8, 4) is 5.75 Å². The van der Waals surface area contributed by atoms with Crippen LogP contribution in [-0.2, 0) is 6.42 Å². The van der Waals surface area contributed by atoms with Gasteiger partial charge in [-0.1, -0.05) is 17.7 Å². The van der Waals surface area contributed by atoms with Crippen LogP contribution in [-0.4, -0.2) is 21.3 Å². The number of benzene rings is 2. The van der Waals surface area contributed by atoms with Crippen molar-refractivity contribution in [1.29, 1.82) is 0 Å². The molecule has 112 valence electrons. The Kier molecular flexibility index (Phi) is 3.46. The van der Waals surface area contributed by atoms with Crippen LogP contribution < -0.4 is 5.73 Å². The second-order valence-electron chi connectivity index (χ2n) is 5.00. The molecule has 0 unspecified atom stereocenters. The zero-order chi connectivity index (χ0) is 15.9. The second-order valence-corrected chi connectivity index (χ2v) is 5.38. The van der Waals surface area contributed by atoms with Crippen LogP contribution in [0.3, 0.4) is 0 Å². The molecule has 0 atom stereocenters. The Hall–Kier alpha value is -2.60. The molecule has 0 fully saturated rings. The first-order valence-corrected chi connectivity index (χ1v) is 6.87. The number of hydrogen-bond acceptors (Lipinski definition) is 5. The third kappa shape index (κ3) is 2.37.